The van der Waals surface area contributed by atoms with Gasteiger partial charge in [0.1, 0.15) is 11.5 Å². The van der Waals surface area contributed by atoms with Crippen LogP contribution in [0, 0.1) is 12.3 Å². The first-order chi connectivity index (χ1) is 18.9. The van der Waals surface area contributed by atoms with Crippen molar-refractivity contribution in [1.29, 1.82) is 0 Å². The van der Waals surface area contributed by atoms with Gasteiger partial charge in [-0.25, -0.2) is 0 Å². The summed E-state index contributed by atoms with van der Waals surface area (Å²) < 4.78 is 0.884. The number of fused-ring (bicyclic) bond motifs is 5. The van der Waals surface area contributed by atoms with E-state index < -0.39 is 23.4 Å². The van der Waals surface area contributed by atoms with Crippen LogP contribution in [-0.4, -0.2) is 29.4 Å². The van der Waals surface area contributed by atoms with Crippen LogP contribution in [0.25, 0.3) is 6.08 Å². The van der Waals surface area contributed by atoms with E-state index in [4.69, 9.17) is 0 Å². The van der Waals surface area contributed by atoms with Gasteiger partial charge in [-0.1, -0.05) is 106 Å². The molecule has 0 saturated carbocycles. The van der Waals surface area contributed by atoms with Crippen LogP contribution in [-0.2, 0) is 0 Å². The third-order valence-corrected chi connectivity index (χ3v) is 9.04. The molecule has 0 unspecified atom stereocenters. The number of halogens is 1. The van der Waals surface area contributed by atoms with E-state index in [1.165, 1.54) is 0 Å². The minimum atomic E-state index is -1.48. The lowest BCUT2D eigenvalue weighted by Crippen LogP contribution is -2.48. The molecule has 3 aliphatic rings. The smallest absolute Gasteiger partial charge is 0.185 e. The van der Waals surface area contributed by atoms with E-state index in [0.29, 0.717) is 16.7 Å². The second-order valence-electron chi connectivity index (χ2n) is 10.6. The first-order valence-electron chi connectivity index (χ1n) is 13.0. The van der Waals surface area contributed by atoms with Gasteiger partial charge in [-0.05, 0) is 42.3 Å². The average Bonchev–Trinajstić information content (AvgIpc) is 3.39. The standard InChI is InChI=1S/C34H24BrNO3/c1-20-11-17-27-23(19-20)14-18-28-34(32(38)25-9-5-6-10-26(25)33(34)39)29(21-12-15-24(35)16-13-21)30(36(27)28)31(37)22-7-3-2-4-8-22/h2-19,28-30H,1H3/t28-,29+,30-/m1/s1. The van der Waals surface area contributed by atoms with E-state index in [-0.39, 0.29) is 17.3 Å². The number of rotatable bonds is 3. The molecule has 4 nitrogen and oxygen atoms in total. The summed E-state index contributed by atoms with van der Waals surface area (Å²) in [4.78, 5) is 45.8. The Morgan fingerprint density at radius 3 is 2.13 bits per heavy atom. The molecule has 4 aromatic carbocycles. The van der Waals surface area contributed by atoms with Gasteiger partial charge in [-0.2, -0.15) is 0 Å². The van der Waals surface area contributed by atoms with Crippen LogP contribution in [0.2, 0.25) is 0 Å². The zero-order valence-corrected chi connectivity index (χ0v) is 22.8. The Labute approximate surface area is 235 Å². The van der Waals surface area contributed by atoms with Crippen molar-refractivity contribution >= 4 is 45.0 Å². The molecule has 3 atom stereocenters. The predicted molar refractivity (Wildman–Crippen MR) is 155 cm³/mol. The highest BCUT2D eigenvalue weighted by molar-refractivity contribution is 9.10. The predicted octanol–water partition coefficient (Wildman–Crippen LogP) is 7.07. The number of anilines is 1. The summed E-state index contributed by atoms with van der Waals surface area (Å²) in [6.45, 7) is 2.03. The molecule has 0 amide bonds. The average molecular weight is 574 g/mol. The van der Waals surface area contributed by atoms with Crippen molar-refractivity contribution in [2.24, 2.45) is 5.41 Å². The molecule has 1 spiro atoms. The van der Waals surface area contributed by atoms with Crippen LogP contribution in [0.3, 0.4) is 0 Å². The monoisotopic (exact) mass is 573 g/mol. The highest BCUT2D eigenvalue weighted by Gasteiger charge is 2.71. The Morgan fingerprint density at radius 2 is 1.46 bits per heavy atom. The molecule has 0 radical (unpaired) electrons. The topological polar surface area (TPSA) is 54.5 Å². The molecule has 190 valence electrons. The van der Waals surface area contributed by atoms with Gasteiger partial charge in [0.05, 0.1) is 6.04 Å². The lowest BCUT2D eigenvalue weighted by atomic mass is 9.64. The minimum Gasteiger partial charge on any atom is -0.352 e. The fourth-order valence-electron chi connectivity index (χ4n) is 6.91. The van der Waals surface area contributed by atoms with Crippen LogP contribution in [0.15, 0.2) is 108 Å². The summed E-state index contributed by atoms with van der Waals surface area (Å²) in [7, 11) is 0. The van der Waals surface area contributed by atoms with Gasteiger partial charge in [0.25, 0.3) is 0 Å². The largest absolute Gasteiger partial charge is 0.352 e. The summed E-state index contributed by atoms with van der Waals surface area (Å²) in [5.74, 6) is -1.24. The van der Waals surface area contributed by atoms with Gasteiger partial charge in [0.15, 0.2) is 17.3 Å². The molecule has 2 heterocycles. The maximum Gasteiger partial charge on any atom is 0.185 e. The number of hydrogen-bond acceptors (Lipinski definition) is 4. The number of carbonyl (C=O) groups is 3. The SMILES string of the molecule is Cc1ccc2c(c1)C=C[C@H]1N2[C@@H](C(=O)c2ccccc2)[C@H](c2ccc(Br)cc2)C12C(=O)c1ccccc1C2=O. The summed E-state index contributed by atoms with van der Waals surface area (Å²) in [5.41, 5.74) is 3.66. The number of aryl methyl sites for hydroxylation is 1. The van der Waals surface area contributed by atoms with Crippen molar-refractivity contribution in [2.45, 2.75) is 24.9 Å². The summed E-state index contributed by atoms with van der Waals surface area (Å²) in [5, 5.41) is 0. The van der Waals surface area contributed by atoms with Gasteiger partial charge in [0, 0.05) is 32.8 Å². The summed E-state index contributed by atoms with van der Waals surface area (Å²) in [6, 6.07) is 28.7. The van der Waals surface area contributed by atoms with Gasteiger partial charge >= 0.3 is 0 Å². The van der Waals surface area contributed by atoms with Crippen molar-refractivity contribution in [3.8, 4) is 0 Å². The van der Waals surface area contributed by atoms with Gasteiger partial charge in [-0.15, -0.1) is 0 Å². The van der Waals surface area contributed by atoms with Gasteiger partial charge in [0.2, 0.25) is 0 Å². The Kier molecular flexibility index (Phi) is 5.36. The van der Waals surface area contributed by atoms with Crippen molar-refractivity contribution in [3.63, 3.8) is 0 Å². The fraction of sp³-hybridized carbons (Fsp3) is 0.147. The maximum atomic E-state index is 14.6. The Hall–Kier alpha value is -4.09. The quantitative estimate of drug-likeness (QED) is 0.194. The Bertz CT molecular complexity index is 1670. The first kappa shape index (κ1) is 24.0. The summed E-state index contributed by atoms with van der Waals surface area (Å²) in [6.07, 6.45) is 3.97. The van der Waals surface area contributed by atoms with Crippen LogP contribution in [0.5, 0.6) is 0 Å². The lowest BCUT2D eigenvalue weighted by molar-refractivity contribution is 0.0666. The number of hydrogen-bond donors (Lipinski definition) is 0. The van der Waals surface area contributed by atoms with E-state index in [9.17, 15) is 14.4 Å². The van der Waals surface area contributed by atoms with Crippen molar-refractivity contribution < 1.29 is 14.4 Å². The molecule has 2 aliphatic heterocycles. The van der Waals surface area contributed by atoms with Crippen LogP contribution >= 0.6 is 15.9 Å². The molecule has 1 saturated heterocycles. The van der Waals surface area contributed by atoms with E-state index in [1.807, 2.05) is 85.8 Å². The van der Waals surface area contributed by atoms with Crippen LogP contribution < -0.4 is 4.90 Å². The summed E-state index contributed by atoms with van der Waals surface area (Å²) >= 11 is 3.52. The molecule has 39 heavy (non-hydrogen) atoms. The third kappa shape index (κ3) is 3.26. The zero-order valence-electron chi connectivity index (χ0n) is 21.2. The maximum absolute atomic E-state index is 14.6. The van der Waals surface area contributed by atoms with E-state index >= 15 is 0 Å². The molecular formula is C34H24BrNO3. The number of nitrogens with zero attached hydrogens (tertiary/aromatic N) is 1. The van der Waals surface area contributed by atoms with E-state index in [1.54, 1.807) is 24.3 Å². The molecule has 4 aromatic rings. The van der Waals surface area contributed by atoms with E-state index in [0.717, 1.165) is 26.9 Å². The van der Waals surface area contributed by atoms with Gasteiger partial charge in [-0.3, -0.25) is 14.4 Å². The molecule has 0 N–H and O–H groups in total. The van der Waals surface area contributed by atoms with Crippen molar-refractivity contribution in [2.75, 3.05) is 4.90 Å². The third-order valence-electron chi connectivity index (χ3n) is 8.52. The minimum absolute atomic E-state index is 0.108. The molecule has 0 aromatic heterocycles. The second kappa shape index (κ2) is 8.72. The van der Waals surface area contributed by atoms with Crippen molar-refractivity contribution in [1.82, 2.24) is 0 Å². The molecule has 5 heteroatoms. The zero-order chi connectivity index (χ0) is 26.9. The van der Waals surface area contributed by atoms with Crippen molar-refractivity contribution in [3.05, 3.63) is 141 Å². The molecule has 7 rings (SSSR count). The van der Waals surface area contributed by atoms with Crippen LogP contribution in [0.1, 0.15) is 53.7 Å². The van der Waals surface area contributed by atoms with E-state index in [2.05, 4.69) is 26.9 Å². The molecule has 1 fully saturated rings. The number of carbonyl (C=O) groups excluding carboxylic acids is 3. The normalized spacial score (nSPS) is 22.1. The number of Topliss-reactive ketones (excluding diaryl/α,β-unsaturated/α-hetero) is 3. The highest BCUT2D eigenvalue weighted by atomic mass is 79.9. The molecular weight excluding hydrogens is 550 g/mol. The number of ketones is 3. The fourth-order valence-corrected chi connectivity index (χ4v) is 7.18. The highest BCUT2D eigenvalue weighted by Crippen LogP contribution is 2.61. The Morgan fingerprint density at radius 1 is 0.821 bits per heavy atom. The second-order valence-corrected chi connectivity index (χ2v) is 11.5. The first-order valence-corrected chi connectivity index (χ1v) is 13.8. The van der Waals surface area contributed by atoms with Crippen LogP contribution in [0.4, 0.5) is 5.69 Å². The molecule has 1 aliphatic carbocycles. The lowest BCUT2D eigenvalue weighted by Gasteiger charge is -2.37. The number of benzene rings is 4. The van der Waals surface area contributed by atoms with Gasteiger partial charge < -0.3 is 4.90 Å². The molecule has 0 bridgehead atoms. The Balaban J connectivity index is 1.55.